The second-order valence-corrected chi connectivity index (χ2v) is 5.80. The highest BCUT2D eigenvalue weighted by molar-refractivity contribution is 9.12. The molecule has 0 radical (unpaired) electrons. The molecule has 5 N–H and O–H groups in total. The number of carboxylic acids is 2. The van der Waals surface area contributed by atoms with Gasteiger partial charge in [-0.1, -0.05) is 31.9 Å². The number of aliphatic carboxylic acids is 2. The zero-order chi connectivity index (χ0) is 11.3. The molecule has 8 heteroatoms. The van der Waals surface area contributed by atoms with Crippen LogP contribution in [0.1, 0.15) is 0 Å². The molecule has 0 aromatic heterocycles. The Labute approximate surface area is 108 Å². The zero-order valence-corrected chi connectivity index (χ0v) is 11.2. The van der Waals surface area contributed by atoms with Crippen LogP contribution < -0.4 is 6.15 Å². The van der Waals surface area contributed by atoms with Crippen molar-refractivity contribution in [1.82, 2.24) is 6.15 Å². The van der Waals surface area contributed by atoms with E-state index in [0.717, 1.165) is 0 Å². The van der Waals surface area contributed by atoms with Crippen molar-refractivity contribution in [3.63, 3.8) is 0 Å². The Bertz CT molecular complexity index is 296. The van der Waals surface area contributed by atoms with Crippen molar-refractivity contribution in [2.75, 3.05) is 0 Å². The van der Waals surface area contributed by atoms with Gasteiger partial charge in [0.25, 0.3) is 0 Å². The van der Waals surface area contributed by atoms with E-state index in [1.54, 1.807) is 0 Å². The van der Waals surface area contributed by atoms with E-state index in [4.69, 9.17) is 14.9 Å². The number of hydrogen-bond donors (Lipinski definition) is 3. The third-order valence-electron chi connectivity index (χ3n) is 2.91. The normalized spacial score (nSPS) is 45.1. The first-order valence-corrected chi connectivity index (χ1v) is 6.17. The molecule has 6 atom stereocenters. The van der Waals surface area contributed by atoms with Gasteiger partial charge in [-0.05, 0) is 0 Å². The summed E-state index contributed by atoms with van der Waals surface area (Å²) in [5, 5.41) is 18.0. The Morgan fingerprint density at radius 1 is 0.938 bits per heavy atom. The Morgan fingerprint density at radius 3 is 1.50 bits per heavy atom. The summed E-state index contributed by atoms with van der Waals surface area (Å²) in [6.07, 6.45) is -1.14. The number of ether oxygens (including phenoxy) is 1. The van der Waals surface area contributed by atoms with Crippen molar-refractivity contribution in [2.45, 2.75) is 21.9 Å². The van der Waals surface area contributed by atoms with E-state index in [2.05, 4.69) is 31.9 Å². The summed E-state index contributed by atoms with van der Waals surface area (Å²) in [4.78, 5) is 21.7. The summed E-state index contributed by atoms with van der Waals surface area (Å²) in [6.45, 7) is 0. The van der Waals surface area contributed by atoms with Crippen molar-refractivity contribution in [3.05, 3.63) is 0 Å². The second kappa shape index (κ2) is 4.59. The van der Waals surface area contributed by atoms with Gasteiger partial charge in [0, 0.05) is 0 Å². The lowest BCUT2D eigenvalue weighted by Crippen LogP contribution is -2.47. The SMILES string of the molecule is N.O=C(O)C1C2OC(C(Br)C2Br)C1C(=O)O. The predicted octanol–water partition coefficient (Wildman–Crippen LogP) is 0.858. The van der Waals surface area contributed by atoms with Crippen LogP contribution in [-0.2, 0) is 14.3 Å². The van der Waals surface area contributed by atoms with Crippen LogP contribution in [0.3, 0.4) is 0 Å². The average Bonchev–Trinajstić information content (AvgIpc) is 2.64. The Balaban J connectivity index is 0.00000128. The third-order valence-corrected chi connectivity index (χ3v) is 5.80. The van der Waals surface area contributed by atoms with Crippen LogP contribution in [0.15, 0.2) is 0 Å². The van der Waals surface area contributed by atoms with Crippen LogP contribution in [0, 0.1) is 11.8 Å². The number of carboxylic acid groups (broad SMARTS) is 2. The second-order valence-electron chi connectivity index (χ2n) is 3.68. The highest BCUT2D eigenvalue weighted by Gasteiger charge is 2.63. The molecule has 0 aromatic carbocycles. The summed E-state index contributed by atoms with van der Waals surface area (Å²) in [5.74, 6) is -4.16. The van der Waals surface area contributed by atoms with Crippen molar-refractivity contribution in [2.24, 2.45) is 11.8 Å². The number of rotatable bonds is 2. The van der Waals surface area contributed by atoms with Crippen LogP contribution in [0.4, 0.5) is 0 Å². The Kier molecular flexibility index (Phi) is 3.99. The fourth-order valence-electron chi connectivity index (χ4n) is 2.26. The summed E-state index contributed by atoms with van der Waals surface area (Å²) in [7, 11) is 0. The maximum absolute atomic E-state index is 11.0. The number of fused-ring (bicyclic) bond motifs is 2. The fourth-order valence-corrected chi connectivity index (χ4v) is 3.76. The van der Waals surface area contributed by atoms with E-state index < -0.39 is 36.0 Å². The van der Waals surface area contributed by atoms with Gasteiger partial charge in [0.2, 0.25) is 0 Å². The van der Waals surface area contributed by atoms with Gasteiger partial charge in [-0.2, -0.15) is 0 Å². The molecule has 2 fully saturated rings. The first kappa shape index (κ1) is 13.9. The van der Waals surface area contributed by atoms with Gasteiger partial charge in [-0.15, -0.1) is 0 Å². The lowest BCUT2D eigenvalue weighted by molar-refractivity contribution is -0.153. The number of hydrogen-bond acceptors (Lipinski definition) is 4. The van der Waals surface area contributed by atoms with Crippen molar-refractivity contribution in [1.29, 1.82) is 0 Å². The van der Waals surface area contributed by atoms with Crippen LogP contribution in [0.2, 0.25) is 0 Å². The molecule has 0 aliphatic carbocycles. The molecule has 92 valence electrons. The quantitative estimate of drug-likeness (QED) is 0.628. The number of carbonyl (C=O) groups is 2. The molecule has 2 aliphatic rings. The van der Waals surface area contributed by atoms with Gasteiger partial charge in [0.05, 0.1) is 33.7 Å². The molecule has 2 aliphatic heterocycles. The van der Waals surface area contributed by atoms with E-state index >= 15 is 0 Å². The summed E-state index contributed by atoms with van der Waals surface area (Å²) >= 11 is 6.64. The molecule has 6 nitrogen and oxygen atoms in total. The molecule has 2 saturated heterocycles. The van der Waals surface area contributed by atoms with Crippen LogP contribution >= 0.6 is 31.9 Å². The van der Waals surface area contributed by atoms with Gasteiger partial charge in [-0.25, -0.2) is 0 Å². The fraction of sp³-hybridized carbons (Fsp3) is 0.750. The highest BCUT2D eigenvalue weighted by atomic mass is 79.9. The lowest BCUT2D eigenvalue weighted by atomic mass is 9.79. The van der Waals surface area contributed by atoms with E-state index in [-0.39, 0.29) is 15.8 Å². The molecule has 2 heterocycles. The van der Waals surface area contributed by atoms with Crippen LogP contribution in [0.5, 0.6) is 0 Å². The van der Waals surface area contributed by atoms with Gasteiger partial charge < -0.3 is 21.1 Å². The molecule has 0 saturated carbocycles. The summed E-state index contributed by atoms with van der Waals surface area (Å²) < 4.78 is 5.39. The molecule has 2 rings (SSSR count). The minimum absolute atomic E-state index is 0. The zero-order valence-electron chi connectivity index (χ0n) is 8.05. The topological polar surface area (TPSA) is 119 Å². The van der Waals surface area contributed by atoms with Gasteiger partial charge in [0.15, 0.2) is 0 Å². The molecule has 2 bridgehead atoms. The smallest absolute Gasteiger partial charge is 0.310 e. The lowest BCUT2D eigenvalue weighted by Gasteiger charge is -2.28. The first-order chi connectivity index (χ1) is 6.95. The average molecular weight is 361 g/mol. The molecule has 0 amide bonds. The summed E-state index contributed by atoms with van der Waals surface area (Å²) in [6, 6.07) is 0. The molecule has 0 spiro atoms. The van der Waals surface area contributed by atoms with E-state index in [9.17, 15) is 9.59 Å². The van der Waals surface area contributed by atoms with Gasteiger partial charge in [0.1, 0.15) is 0 Å². The largest absolute Gasteiger partial charge is 0.481 e. The van der Waals surface area contributed by atoms with Crippen molar-refractivity contribution < 1.29 is 24.5 Å². The maximum atomic E-state index is 11.0. The van der Waals surface area contributed by atoms with Gasteiger partial charge >= 0.3 is 11.9 Å². The Morgan fingerprint density at radius 2 is 1.25 bits per heavy atom. The third kappa shape index (κ3) is 1.77. The van der Waals surface area contributed by atoms with E-state index in [1.807, 2.05) is 0 Å². The maximum Gasteiger partial charge on any atom is 0.310 e. The van der Waals surface area contributed by atoms with E-state index in [1.165, 1.54) is 0 Å². The molecular weight excluding hydrogens is 350 g/mol. The minimum atomic E-state index is -1.11. The summed E-state index contributed by atoms with van der Waals surface area (Å²) in [5.41, 5.74) is 0. The highest BCUT2D eigenvalue weighted by Crippen LogP contribution is 2.49. The van der Waals surface area contributed by atoms with Crippen molar-refractivity contribution in [3.8, 4) is 0 Å². The van der Waals surface area contributed by atoms with Crippen molar-refractivity contribution >= 4 is 43.8 Å². The monoisotopic (exact) mass is 359 g/mol. The van der Waals surface area contributed by atoms with Gasteiger partial charge in [-0.3, -0.25) is 9.59 Å². The first-order valence-electron chi connectivity index (χ1n) is 4.34. The minimum Gasteiger partial charge on any atom is -0.481 e. The Hall–Kier alpha value is -0.180. The molecule has 16 heavy (non-hydrogen) atoms. The van der Waals surface area contributed by atoms with Crippen LogP contribution in [0.25, 0.3) is 0 Å². The predicted molar refractivity (Wildman–Crippen MR) is 61.4 cm³/mol. The molecule has 6 unspecified atom stereocenters. The van der Waals surface area contributed by atoms with E-state index in [0.29, 0.717) is 0 Å². The molecular formula is C8H11Br2NO5. The standard InChI is InChI=1S/C8H8Br2O5.H3N/c9-3-4(10)6-2(8(13)14)1(7(11)12)5(3)15-6;/h1-6H,(H,11,12)(H,13,14);1H3. The van der Waals surface area contributed by atoms with Crippen LogP contribution in [-0.4, -0.2) is 44.0 Å². The number of halogens is 2. The molecule has 0 aromatic rings. The number of alkyl halides is 2.